The van der Waals surface area contributed by atoms with Crippen LogP contribution in [0.5, 0.6) is 0 Å². The highest BCUT2D eigenvalue weighted by Gasteiger charge is 2.18. The first-order chi connectivity index (χ1) is 6.31. The Morgan fingerprint density at radius 1 is 1.43 bits per heavy atom. The second-order valence-corrected chi connectivity index (χ2v) is 5.18. The lowest BCUT2D eigenvalue weighted by Crippen LogP contribution is -2.35. The molecule has 0 atom stereocenters. The Balaban J connectivity index is 3.13. The highest BCUT2D eigenvalue weighted by Crippen LogP contribution is 2.25. The average Bonchev–Trinajstić information content (AvgIpc) is 2.04. The molecule has 0 amide bonds. The van der Waals surface area contributed by atoms with Gasteiger partial charge in [0.2, 0.25) is 0 Å². The molecule has 1 aromatic carbocycles. The zero-order valence-electron chi connectivity index (χ0n) is 8.70. The summed E-state index contributed by atoms with van der Waals surface area (Å²) in [6.07, 6.45) is 0.529. The predicted octanol–water partition coefficient (Wildman–Crippen LogP) is 3.18. The quantitative estimate of drug-likeness (QED) is 0.868. The predicted molar refractivity (Wildman–Crippen MR) is 60.8 cm³/mol. The Morgan fingerprint density at radius 3 is 2.50 bits per heavy atom. The summed E-state index contributed by atoms with van der Waals surface area (Å²) < 4.78 is 14.5. The maximum absolute atomic E-state index is 13.7. The standard InChI is InChI=1S/C11H15BrFN/c1-7-4-5-9(12)8(10(7)13)6-11(2,3)14/h4-5H,6,14H2,1-3H3. The molecule has 3 heteroatoms. The summed E-state index contributed by atoms with van der Waals surface area (Å²) in [5.74, 6) is -0.155. The van der Waals surface area contributed by atoms with Crippen LogP contribution in [0.1, 0.15) is 25.0 Å². The maximum Gasteiger partial charge on any atom is 0.130 e. The average molecular weight is 260 g/mol. The normalized spacial score (nSPS) is 11.9. The fraction of sp³-hybridized carbons (Fsp3) is 0.455. The highest BCUT2D eigenvalue weighted by atomic mass is 79.9. The molecule has 1 aromatic rings. The minimum Gasteiger partial charge on any atom is -0.325 e. The first kappa shape index (κ1) is 11.7. The highest BCUT2D eigenvalue weighted by molar-refractivity contribution is 9.10. The van der Waals surface area contributed by atoms with Gasteiger partial charge in [0.25, 0.3) is 0 Å². The van der Waals surface area contributed by atoms with Gasteiger partial charge in [0.15, 0.2) is 0 Å². The molecule has 0 radical (unpaired) electrons. The third-order valence-electron chi connectivity index (χ3n) is 2.01. The van der Waals surface area contributed by atoms with Crippen LogP contribution in [0.4, 0.5) is 4.39 Å². The first-order valence-corrected chi connectivity index (χ1v) is 5.33. The van der Waals surface area contributed by atoms with Crippen LogP contribution in [0.2, 0.25) is 0 Å². The van der Waals surface area contributed by atoms with Crippen molar-refractivity contribution in [1.82, 2.24) is 0 Å². The minimum absolute atomic E-state index is 0.155. The Morgan fingerprint density at radius 2 is 2.00 bits per heavy atom. The van der Waals surface area contributed by atoms with Gasteiger partial charge in [-0.25, -0.2) is 4.39 Å². The summed E-state index contributed by atoms with van der Waals surface area (Å²) in [6, 6.07) is 3.62. The van der Waals surface area contributed by atoms with Gasteiger partial charge in [0.05, 0.1) is 0 Å². The molecule has 0 bridgehead atoms. The lowest BCUT2D eigenvalue weighted by molar-refractivity contribution is 0.494. The molecule has 0 heterocycles. The van der Waals surface area contributed by atoms with Crippen LogP contribution < -0.4 is 5.73 Å². The van der Waals surface area contributed by atoms with Crippen LogP contribution in [0.15, 0.2) is 16.6 Å². The van der Waals surface area contributed by atoms with Crippen LogP contribution in [0, 0.1) is 12.7 Å². The smallest absolute Gasteiger partial charge is 0.130 e. The molecule has 0 aromatic heterocycles. The van der Waals surface area contributed by atoms with E-state index in [-0.39, 0.29) is 5.82 Å². The van der Waals surface area contributed by atoms with Gasteiger partial charge >= 0.3 is 0 Å². The Labute approximate surface area is 92.6 Å². The van der Waals surface area contributed by atoms with Crippen LogP contribution >= 0.6 is 15.9 Å². The van der Waals surface area contributed by atoms with Gasteiger partial charge in [0, 0.05) is 15.6 Å². The van der Waals surface area contributed by atoms with Crippen molar-refractivity contribution in [3.63, 3.8) is 0 Å². The zero-order chi connectivity index (χ0) is 10.9. The summed E-state index contributed by atoms with van der Waals surface area (Å²) in [7, 11) is 0. The van der Waals surface area contributed by atoms with Gasteiger partial charge < -0.3 is 5.73 Å². The van der Waals surface area contributed by atoms with Gasteiger partial charge in [-0.15, -0.1) is 0 Å². The number of benzene rings is 1. The Bertz CT molecular complexity index is 342. The SMILES string of the molecule is Cc1ccc(Br)c(CC(C)(C)N)c1F. The van der Waals surface area contributed by atoms with E-state index in [4.69, 9.17) is 5.73 Å². The Kier molecular flexibility index (Phi) is 3.32. The number of hydrogen-bond donors (Lipinski definition) is 1. The first-order valence-electron chi connectivity index (χ1n) is 4.53. The molecule has 1 rings (SSSR count). The summed E-state index contributed by atoms with van der Waals surface area (Å²) in [5.41, 5.74) is 6.80. The van der Waals surface area contributed by atoms with Crippen molar-refractivity contribution in [3.05, 3.63) is 33.5 Å². The summed E-state index contributed by atoms with van der Waals surface area (Å²) in [5, 5.41) is 0. The van der Waals surface area contributed by atoms with Crippen LogP contribution in [0.3, 0.4) is 0 Å². The van der Waals surface area contributed by atoms with Crippen molar-refractivity contribution in [2.45, 2.75) is 32.7 Å². The molecule has 0 aliphatic carbocycles. The number of hydrogen-bond acceptors (Lipinski definition) is 1. The van der Waals surface area contributed by atoms with Crippen molar-refractivity contribution in [2.75, 3.05) is 0 Å². The molecule has 0 saturated heterocycles. The van der Waals surface area contributed by atoms with Gasteiger partial charge in [-0.2, -0.15) is 0 Å². The molecular weight excluding hydrogens is 245 g/mol. The molecule has 0 saturated carbocycles. The van der Waals surface area contributed by atoms with Gasteiger partial charge in [-0.1, -0.05) is 22.0 Å². The number of rotatable bonds is 2. The third-order valence-corrected chi connectivity index (χ3v) is 2.75. The minimum atomic E-state index is -0.392. The molecule has 0 aliphatic rings. The second kappa shape index (κ2) is 3.99. The van der Waals surface area contributed by atoms with Gasteiger partial charge in [-0.3, -0.25) is 0 Å². The lowest BCUT2D eigenvalue weighted by Gasteiger charge is -2.20. The Hall–Kier alpha value is -0.410. The van der Waals surface area contributed by atoms with Crippen molar-refractivity contribution < 1.29 is 4.39 Å². The molecule has 0 unspecified atom stereocenters. The molecule has 0 fully saturated rings. The fourth-order valence-corrected chi connectivity index (χ4v) is 1.78. The summed E-state index contributed by atoms with van der Waals surface area (Å²) in [4.78, 5) is 0. The monoisotopic (exact) mass is 259 g/mol. The van der Waals surface area contributed by atoms with Crippen LogP contribution in [0.25, 0.3) is 0 Å². The van der Waals surface area contributed by atoms with E-state index < -0.39 is 5.54 Å². The number of halogens is 2. The summed E-state index contributed by atoms with van der Waals surface area (Å²) in [6.45, 7) is 5.54. The van der Waals surface area contributed by atoms with E-state index >= 15 is 0 Å². The molecule has 14 heavy (non-hydrogen) atoms. The largest absolute Gasteiger partial charge is 0.325 e. The second-order valence-electron chi connectivity index (χ2n) is 4.32. The van der Waals surface area contributed by atoms with Crippen molar-refractivity contribution in [2.24, 2.45) is 5.73 Å². The molecule has 0 aliphatic heterocycles. The van der Waals surface area contributed by atoms with E-state index in [0.29, 0.717) is 17.5 Å². The van der Waals surface area contributed by atoms with E-state index in [1.54, 1.807) is 13.0 Å². The molecule has 2 N–H and O–H groups in total. The molecule has 1 nitrogen and oxygen atoms in total. The zero-order valence-corrected chi connectivity index (χ0v) is 10.3. The third kappa shape index (κ3) is 2.79. The van der Waals surface area contributed by atoms with Gasteiger partial charge in [-0.05, 0) is 38.8 Å². The van der Waals surface area contributed by atoms with Crippen LogP contribution in [-0.2, 0) is 6.42 Å². The molecule has 0 spiro atoms. The maximum atomic E-state index is 13.7. The van der Waals surface area contributed by atoms with Crippen molar-refractivity contribution >= 4 is 15.9 Å². The topological polar surface area (TPSA) is 26.0 Å². The lowest BCUT2D eigenvalue weighted by atomic mass is 9.95. The summed E-state index contributed by atoms with van der Waals surface area (Å²) >= 11 is 3.34. The van der Waals surface area contributed by atoms with E-state index in [1.807, 2.05) is 19.9 Å². The van der Waals surface area contributed by atoms with Gasteiger partial charge in [0.1, 0.15) is 5.82 Å². The van der Waals surface area contributed by atoms with E-state index in [2.05, 4.69) is 15.9 Å². The molecular formula is C11H15BrFN. The van der Waals surface area contributed by atoms with E-state index in [9.17, 15) is 4.39 Å². The van der Waals surface area contributed by atoms with Crippen molar-refractivity contribution in [3.8, 4) is 0 Å². The van der Waals surface area contributed by atoms with E-state index in [1.165, 1.54) is 0 Å². The number of nitrogens with two attached hydrogens (primary N) is 1. The molecule has 78 valence electrons. The van der Waals surface area contributed by atoms with E-state index in [0.717, 1.165) is 4.47 Å². The number of aryl methyl sites for hydroxylation is 1. The fourth-order valence-electron chi connectivity index (χ4n) is 1.33. The van der Waals surface area contributed by atoms with Crippen LogP contribution in [-0.4, -0.2) is 5.54 Å². The van der Waals surface area contributed by atoms with Crippen molar-refractivity contribution in [1.29, 1.82) is 0 Å².